The maximum atomic E-state index is 12.6. The van der Waals surface area contributed by atoms with Crippen LogP contribution in [-0.2, 0) is 4.79 Å². The van der Waals surface area contributed by atoms with Crippen molar-refractivity contribution in [2.75, 3.05) is 0 Å². The van der Waals surface area contributed by atoms with Crippen molar-refractivity contribution in [1.82, 2.24) is 0 Å². The Kier molecular flexibility index (Phi) is 10.3. The molecule has 0 saturated carbocycles. The van der Waals surface area contributed by atoms with Gasteiger partial charge in [0.1, 0.15) is 5.83 Å². The van der Waals surface area contributed by atoms with Gasteiger partial charge in [-0.25, -0.2) is 4.39 Å². The zero-order chi connectivity index (χ0) is 11.5. The van der Waals surface area contributed by atoms with Crippen LogP contribution in [0.15, 0.2) is 9.91 Å². The molecule has 0 heterocycles. The van der Waals surface area contributed by atoms with E-state index in [1.165, 1.54) is 4.08 Å². The third-order valence-corrected chi connectivity index (χ3v) is 2.85. The fraction of sp³-hybridized carbons (Fsp3) is 0.727. The normalized spacial score (nSPS) is 11.7. The Morgan fingerprint density at radius 3 is 2.00 bits per heavy atom. The molecular weight excluding hydrogens is 310 g/mol. The van der Waals surface area contributed by atoms with Crippen molar-refractivity contribution < 1.29 is 14.3 Å². The molecule has 4 heteroatoms. The standard InChI is InChI=1S/C11H18FIO2/c12-10(9-13)7-5-3-1-2-4-6-8-11(14)15/h9H,1-8H2,(H,14,15)/b10-9+. The summed E-state index contributed by atoms with van der Waals surface area (Å²) >= 11 is 1.91. The summed E-state index contributed by atoms with van der Waals surface area (Å²) in [4.78, 5) is 10.2. The van der Waals surface area contributed by atoms with Crippen LogP contribution in [0.4, 0.5) is 4.39 Å². The quantitative estimate of drug-likeness (QED) is 0.502. The van der Waals surface area contributed by atoms with Gasteiger partial charge in [0.2, 0.25) is 0 Å². The molecule has 0 amide bonds. The van der Waals surface area contributed by atoms with Gasteiger partial charge in [0.05, 0.1) is 0 Å². The highest BCUT2D eigenvalue weighted by atomic mass is 127. The average molecular weight is 328 g/mol. The van der Waals surface area contributed by atoms with E-state index in [0.717, 1.165) is 38.5 Å². The van der Waals surface area contributed by atoms with Gasteiger partial charge in [0.15, 0.2) is 0 Å². The van der Waals surface area contributed by atoms with Crippen LogP contribution in [0.1, 0.15) is 51.4 Å². The Morgan fingerprint density at radius 1 is 1.07 bits per heavy atom. The first-order chi connectivity index (χ1) is 7.16. The van der Waals surface area contributed by atoms with Crippen LogP contribution in [0.25, 0.3) is 0 Å². The molecule has 15 heavy (non-hydrogen) atoms. The highest BCUT2D eigenvalue weighted by molar-refractivity contribution is 14.1. The lowest BCUT2D eigenvalue weighted by atomic mass is 10.1. The van der Waals surface area contributed by atoms with Crippen molar-refractivity contribution in [2.45, 2.75) is 51.4 Å². The van der Waals surface area contributed by atoms with Gasteiger partial charge in [-0.1, -0.05) is 48.3 Å². The zero-order valence-corrected chi connectivity index (χ0v) is 11.0. The topological polar surface area (TPSA) is 37.3 Å². The first-order valence-electron chi connectivity index (χ1n) is 5.33. The van der Waals surface area contributed by atoms with E-state index in [2.05, 4.69) is 0 Å². The summed E-state index contributed by atoms with van der Waals surface area (Å²) in [5.41, 5.74) is 0. The predicted molar refractivity (Wildman–Crippen MR) is 67.8 cm³/mol. The van der Waals surface area contributed by atoms with Crippen LogP contribution in [0.3, 0.4) is 0 Å². The molecule has 0 fully saturated rings. The summed E-state index contributed by atoms with van der Waals surface area (Å²) in [5, 5.41) is 8.39. The molecule has 0 aliphatic carbocycles. The summed E-state index contributed by atoms with van der Waals surface area (Å²) in [6.07, 6.45) is 6.60. The van der Waals surface area contributed by atoms with E-state index in [-0.39, 0.29) is 12.2 Å². The van der Waals surface area contributed by atoms with E-state index in [4.69, 9.17) is 5.11 Å². The molecule has 0 radical (unpaired) electrons. The summed E-state index contributed by atoms with van der Waals surface area (Å²) in [5.74, 6) is -0.759. The van der Waals surface area contributed by atoms with Crippen LogP contribution < -0.4 is 0 Å². The molecule has 0 aliphatic heterocycles. The van der Waals surface area contributed by atoms with E-state index < -0.39 is 5.97 Å². The highest BCUT2D eigenvalue weighted by Crippen LogP contribution is 2.14. The molecule has 1 N–H and O–H groups in total. The number of hydrogen-bond donors (Lipinski definition) is 1. The summed E-state index contributed by atoms with van der Waals surface area (Å²) in [6.45, 7) is 0. The van der Waals surface area contributed by atoms with Crippen molar-refractivity contribution in [3.8, 4) is 0 Å². The predicted octanol–water partition coefficient (Wildman–Crippen LogP) is 4.44. The minimum absolute atomic E-state index is 0.0403. The Hall–Kier alpha value is -0.130. The largest absolute Gasteiger partial charge is 0.481 e. The highest BCUT2D eigenvalue weighted by Gasteiger charge is 1.97. The molecule has 88 valence electrons. The summed E-state index contributed by atoms with van der Waals surface area (Å²) < 4.78 is 14.1. The molecule has 0 unspecified atom stereocenters. The van der Waals surface area contributed by atoms with Gasteiger partial charge < -0.3 is 5.11 Å². The van der Waals surface area contributed by atoms with Crippen molar-refractivity contribution in [1.29, 1.82) is 0 Å². The second-order valence-electron chi connectivity index (χ2n) is 3.57. The number of carboxylic acid groups (broad SMARTS) is 1. The molecule has 0 aromatic heterocycles. The van der Waals surface area contributed by atoms with Gasteiger partial charge in [-0.05, 0) is 19.3 Å². The lowest BCUT2D eigenvalue weighted by Crippen LogP contribution is -1.93. The Balaban J connectivity index is 3.08. The van der Waals surface area contributed by atoms with Crippen LogP contribution in [0.5, 0.6) is 0 Å². The van der Waals surface area contributed by atoms with Gasteiger partial charge in [-0.3, -0.25) is 4.79 Å². The second kappa shape index (κ2) is 10.4. The molecule has 0 atom stereocenters. The van der Waals surface area contributed by atoms with Gasteiger partial charge in [-0.2, -0.15) is 0 Å². The average Bonchev–Trinajstić information content (AvgIpc) is 2.21. The third kappa shape index (κ3) is 11.8. The molecule has 0 spiro atoms. The van der Waals surface area contributed by atoms with Crippen molar-refractivity contribution >= 4 is 28.6 Å². The minimum atomic E-state index is -0.718. The van der Waals surface area contributed by atoms with Crippen molar-refractivity contribution in [3.63, 3.8) is 0 Å². The van der Waals surface area contributed by atoms with E-state index in [1.54, 1.807) is 0 Å². The van der Waals surface area contributed by atoms with Crippen LogP contribution in [0.2, 0.25) is 0 Å². The molecule has 2 nitrogen and oxygen atoms in total. The number of aliphatic carboxylic acids is 1. The van der Waals surface area contributed by atoms with Gasteiger partial charge >= 0.3 is 5.97 Å². The fourth-order valence-electron chi connectivity index (χ4n) is 1.33. The maximum Gasteiger partial charge on any atom is 0.303 e. The Bertz CT molecular complexity index is 205. The number of carboxylic acids is 1. The van der Waals surface area contributed by atoms with Crippen molar-refractivity contribution in [2.24, 2.45) is 0 Å². The Morgan fingerprint density at radius 2 is 1.53 bits per heavy atom. The first kappa shape index (κ1) is 14.9. The van der Waals surface area contributed by atoms with E-state index in [1.807, 2.05) is 22.6 Å². The number of carbonyl (C=O) groups is 1. The van der Waals surface area contributed by atoms with Gasteiger partial charge in [-0.15, -0.1) is 0 Å². The van der Waals surface area contributed by atoms with Crippen LogP contribution in [0, 0.1) is 0 Å². The molecular formula is C11H18FIO2. The maximum absolute atomic E-state index is 12.6. The number of unbranched alkanes of at least 4 members (excludes halogenated alkanes) is 5. The molecule has 0 saturated heterocycles. The fourth-order valence-corrected chi connectivity index (χ4v) is 1.64. The monoisotopic (exact) mass is 328 g/mol. The molecule has 0 rings (SSSR count). The number of halogens is 2. The Labute approximate surface area is 104 Å². The smallest absolute Gasteiger partial charge is 0.303 e. The minimum Gasteiger partial charge on any atom is -0.481 e. The van der Waals surface area contributed by atoms with Crippen LogP contribution >= 0.6 is 22.6 Å². The first-order valence-corrected chi connectivity index (χ1v) is 6.58. The number of rotatable bonds is 9. The lowest BCUT2D eigenvalue weighted by molar-refractivity contribution is -0.137. The molecule has 0 aromatic carbocycles. The van der Waals surface area contributed by atoms with E-state index in [9.17, 15) is 9.18 Å². The molecule has 0 aromatic rings. The SMILES string of the molecule is O=C(O)CCCCCCCC/C(F)=C\I. The van der Waals surface area contributed by atoms with Gasteiger partial charge in [0, 0.05) is 10.5 Å². The zero-order valence-electron chi connectivity index (χ0n) is 8.85. The van der Waals surface area contributed by atoms with E-state index in [0.29, 0.717) is 6.42 Å². The van der Waals surface area contributed by atoms with Crippen LogP contribution in [-0.4, -0.2) is 11.1 Å². The number of hydrogen-bond acceptors (Lipinski definition) is 1. The summed E-state index contributed by atoms with van der Waals surface area (Å²) in [7, 11) is 0. The lowest BCUT2D eigenvalue weighted by Gasteiger charge is -1.99. The molecule has 0 bridgehead atoms. The van der Waals surface area contributed by atoms with E-state index >= 15 is 0 Å². The van der Waals surface area contributed by atoms with Crippen molar-refractivity contribution in [3.05, 3.63) is 9.91 Å². The number of allylic oxidation sites excluding steroid dienone is 1. The van der Waals surface area contributed by atoms with Gasteiger partial charge in [0.25, 0.3) is 0 Å². The third-order valence-electron chi connectivity index (χ3n) is 2.17. The second-order valence-corrected chi connectivity index (χ2v) is 4.19. The molecule has 0 aliphatic rings. The summed E-state index contributed by atoms with van der Waals surface area (Å²) in [6, 6.07) is 0.